The normalized spacial score (nSPS) is 10.2. The van der Waals surface area contributed by atoms with Gasteiger partial charge in [-0.2, -0.15) is 0 Å². The summed E-state index contributed by atoms with van der Waals surface area (Å²) in [5, 5.41) is 3.27. The second-order valence-corrected chi connectivity index (χ2v) is 5.81. The Hall–Kier alpha value is -2.04. The quantitative estimate of drug-likeness (QED) is 0.834. The van der Waals surface area contributed by atoms with Gasteiger partial charge < -0.3 is 10.1 Å². The molecule has 0 bridgehead atoms. The third-order valence-corrected chi connectivity index (χ3v) is 3.62. The van der Waals surface area contributed by atoms with Crippen molar-refractivity contribution in [2.24, 2.45) is 0 Å². The first-order valence-corrected chi connectivity index (χ1v) is 7.66. The predicted molar refractivity (Wildman–Crippen MR) is 89.8 cm³/mol. The van der Waals surface area contributed by atoms with Gasteiger partial charge in [-0.3, -0.25) is 4.79 Å². The molecule has 0 atom stereocenters. The predicted octanol–water partition coefficient (Wildman–Crippen LogP) is 3.78. The smallest absolute Gasteiger partial charge is 0.340 e. The van der Waals surface area contributed by atoms with Crippen LogP contribution in [0.25, 0.3) is 0 Å². The maximum absolute atomic E-state index is 11.9. The van der Waals surface area contributed by atoms with E-state index in [1.165, 1.54) is 12.1 Å². The van der Waals surface area contributed by atoms with Crippen molar-refractivity contribution in [3.05, 3.63) is 69.2 Å². The zero-order valence-electron chi connectivity index (χ0n) is 12.4. The van der Waals surface area contributed by atoms with E-state index in [1.54, 1.807) is 6.07 Å². The number of benzene rings is 2. The zero-order chi connectivity index (χ0) is 16.8. The van der Waals surface area contributed by atoms with Crippen molar-refractivity contribution >= 4 is 35.1 Å². The minimum Gasteiger partial charge on any atom is -0.452 e. The standard InChI is InChI=1S/C17H15Cl2NO3/c1-11-3-2-4-12(7-11)9-20-16(21)10-23-17(22)14-8-13(18)5-6-15(14)19/h2-8H,9-10H2,1H3,(H,20,21). The maximum atomic E-state index is 11.9. The fourth-order valence-corrected chi connectivity index (χ4v) is 2.30. The summed E-state index contributed by atoms with van der Waals surface area (Å²) in [4.78, 5) is 23.6. The van der Waals surface area contributed by atoms with Gasteiger partial charge in [-0.1, -0.05) is 53.0 Å². The number of carbonyl (C=O) groups excluding carboxylic acids is 2. The Kier molecular flexibility index (Phi) is 6.02. The Morgan fingerprint density at radius 3 is 2.65 bits per heavy atom. The van der Waals surface area contributed by atoms with Crippen LogP contribution in [0.4, 0.5) is 0 Å². The number of rotatable bonds is 5. The molecule has 1 amide bonds. The summed E-state index contributed by atoms with van der Waals surface area (Å²) < 4.78 is 4.94. The molecule has 0 spiro atoms. The van der Waals surface area contributed by atoms with Crippen LogP contribution in [0.5, 0.6) is 0 Å². The van der Waals surface area contributed by atoms with Crippen molar-refractivity contribution in [3.63, 3.8) is 0 Å². The lowest BCUT2D eigenvalue weighted by Gasteiger charge is -2.08. The van der Waals surface area contributed by atoms with Crippen LogP contribution in [-0.2, 0) is 16.1 Å². The van der Waals surface area contributed by atoms with Crippen LogP contribution in [0.3, 0.4) is 0 Å². The van der Waals surface area contributed by atoms with Gasteiger partial charge in [0.25, 0.3) is 5.91 Å². The number of carbonyl (C=O) groups is 2. The van der Waals surface area contributed by atoms with Gasteiger partial charge in [0.05, 0.1) is 10.6 Å². The van der Waals surface area contributed by atoms with E-state index >= 15 is 0 Å². The van der Waals surface area contributed by atoms with E-state index in [4.69, 9.17) is 27.9 Å². The summed E-state index contributed by atoms with van der Waals surface area (Å²) in [6.45, 7) is 1.96. The van der Waals surface area contributed by atoms with Gasteiger partial charge in [0.1, 0.15) is 0 Å². The van der Waals surface area contributed by atoms with Crippen LogP contribution in [-0.4, -0.2) is 18.5 Å². The van der Waals surface area contributed by atoms with Crippen molar-refractivity contribution in [1.29, 1.82) is 0 Å². The monoisotopic (exact) mass is 351 g/mol. The SMILES string of the molecule is Cc1cccc(CNC(=O)COC(=O)c2cc(Cl)ccc2Cl)c1. The Morgan fingerprint density at radius 1 is 1.13 bits per heavy atom. The molecule has 0 fully saturated rings. The summed E-state index contributed by atoms with van der Waals surface area (Å²) in [7, 11) is 0. The second kappa shape index (κ2) is 7.99. The summed E-state index contributed by atoms with van der Waals surface area (Å²) in [6, 6.07) is 12.2. The van der Waals surface area contributed by atoms with E-state index in [9.17, 15) is 9.59 Å². The molecule has 0 radical (unpaired) electrons. The van der Waals surface area contributed by atoms with Crippen LogP contribution in [0.15, 0.2) is 42.5 Å². The Balaban J connectivity index is 1.84. The van der Waals surface area contributed by atoms with E-state index in [-0.39, 0.29) is 17.2 Å². The van der Waals surface area contributed by atoms with Crippen molar-refractivity contribution in [2.45, 2.75) is 13.5 Å². The number of aryl methyl sites for hydroxylation is 1. The lowest BCUT2D eigenvalue weighted by molar-refractivity contribution is -0.124. The van der Waals surface area contributed by atoms with Gasteiger partial charge in [-0.05, 0) is 30.7 Å². The average molecular weight is 352 g/mol. The molecule has 2 aromatic rings. The third kappa shape index (κ3) is 5.27. The van der Waals surface area contributed by atoms with E-state index in [2.05, 4.69) is 5.32 Å². The van der Waals surface area contributed by atoms with E-state index in [0.717, 1.165) is 11.1 Å². The molecule has 0 aliphatic heterocycles. The van der Waals surface area contributed by atoms with E-state index < -0.39 is 11.9 Å². The molecular formula is C17H15Cl2NO3. The highest BCUT2D eigenvalue weighted by molar-refractivity contribution is 6.35. The molecule has 23 heavy (non-hydrogen) atoms. The molecule has 2 rings (SSSR count). The lowest BCUT2D eigenvalue weighted by atomic mass is 10.1. The number of hydrogen-bond donors (Lipinski definition) is 1. The zero-order valence-corrected chi connectivity index (χ0v) is 13.9. The molecule has 120 valence electrons. The summed E-state index contributed by atoms with van der Waals surface area (Å²) in [5.41, 5.74) is 2.21. The fourth-order valence-electron chi connectivity index (χ4n) is 1.94. The average Bonchev–Trinajstić information content (AvgIpc) is 2.53. The van der Waals surface area contributed by atoms with Gasteiger partial charge >= 0.3 is 5.97 Å². The molecule has 2 aromatic carbocycles. The van der Waals surface area contributed by atoms with Gasteiger partial charge in [0.15, 0.2) is 6.61 Å². The Bertz CT molecular complexity index is 732. The van der Waals surface area contributed by atoms with Crippen molar-refractivity contribution < 1.29 is 14.3 Å². The van der Waals surface area contributed by atoms with E-state index in [0.29, 0.717) is 11.6 Å². The summed E-state index contributed by atoms with van der Waals surface area (Å²) in [6.07, 6.45) is 0. The maximum Gasteiger partial charge on any atom is 0.340 e. The first-order valence-electron chi connectivity index (χ1n) is 6.90. The highest BCUT2D eigenvalue weighted by Crippen LogP contribution is 2.21. The van der Waals surface area contributed by atoms with Crippen LogP contribution >= 0.6 is 23.2 Å². The molecule has 0 saturated heterocycles. The fraction of sp³-hybridized carbons (Fsp3) is 0.176. The molecule has 1 N–H and O–H groups in total. The number of halogens is 2. The van der Waals surface area contributed by atoms with Crippen LogP contribution in [0, 0.1) is 6.92 Å². The highest BCUT2D eigenvalue weighted by atomic mass is 35.5. The second-order valence-electron chi connectivity index (χ2n) is 4.97. The number of amides is 1. The van der Waals surface area contributed by atoms with E-state index in [1.807, 2.05) is 31.2 Å². The molecule has 0 unspecified atom stereocenters. The molecule has 4 nitrogen and oxygen atoms in total. The van der Waals surface area contributed by atoms with Crippen LogP contribution < -0.4 is 5.32 Å². The summed E-state index contributed by atoms with van der Waals surface area (Å²) >= 11 is 11.7. The topological polar surface area (TPSA) is 55.4 Å². The number of nitrogens with one attached hydrogen (secondary N) is 1. The Morgan fingerprint density at radius 2 is 1.91 bits per heavy atom. The van der Waals surface area contributed by atoms with Crippen molar-refractivity contribution in [2.75, 3.05) is 6.61 Å². The molecule has 0 aliphatic carbocycles. The van der Waals surface area contributed by atoms with Gasteiger partial charge in [0.2, 0.25) is 0 Å². The van der Waals surface area contributed by atoms with Crippen LogP contribution in [0.2, 0.25) is 10.0 Å². The molecule has 0 aliphatic rings. The first-order chi connectivity index (χ1) is 11.0. The Labute approximate surface area is 144 Å². The molecule has 0 heterocycles. The minimum atomic E-state index is -0.691. The van der Waals surface area contributed by atoms with Gasteiger partial charge in [0, 0.05) is 11.6 Å². The lowest BCUT2D eigenvalue weighted by Crippen LogP contribution is -2.28. The highest BCUT2D eigenvalue weighted by Gasteiger charge is 2.14. The van der Waals surface area contributed by atoms with Gasteiger partial charge in [-0.15, -0.1) is 0 Å². The minimum absolute atomic E-state index is 0.130. The molecule has 0 saturated carbocycles. The van der Waals surface area contributed by atoms with Crippen molar-refractivity contribution in [1.82, 2.24) is 5.32 Å². The molecule has 0 aromatic heterocycles. The van der Waals surface area contributed by atoms with Crippen LogP contribution in [0.1, 0.15) is 21.5 Å². The number of esters is 1. The molecular weight excluding hydrogens is 337 g/mol. The first kappa shape index (κ1) is 17.3. The largest absolute Gasteiger partial charge is 0.452 e. The van der Waals surface area contributed by atoms with Crippen molar-refractivity contribution in [3.8, 4) is 0 Å². The summed E-state index contributed by atoms with van der Waals surface area (Å²) in [5.74, 6) is -1.08. The number of ether oxygens (including phenoxy) is 1. The van der Waals surface area contributed by atoms with Gasteiger partial charge in [-0.25, -0.2) is 4.79 Å². The third-order valence-electron chi connectivity index (χ3n) is 3.05. The molecule has 6 heteroatoms. The number of hydrogen-bond acceptors (Lipinski definition) is 3.